The number of hydrogen-bond donors (Lipinski definition) is 0. The second kappa shape index (κ2) is 7.32. The van der Waals surface area contributed by atoms with Gasteiger partial charge in [0, 0.05) is 28.1 Å². The highest BCUT2D eigenvalue weighted by Gasteiger charge is 2.50. The summed E-state index contributed by atoms with van der Waals surface area (Å²) in [6.45, 7) is 4.01. The SMILES string of the molecule is CO[C@@H]1[C@H](OC)[C@@H](OC(C)=O)[CH+]O[C@@H]1COC(C)=O. The van der Waals surface area contributed by atoms with E-state index in [-0.39, 0.29) is 6.61 Å². The van der Waals surface area contributed by atoms with Crippen molar-refractivity contribution < 1.29 is 33.3 Å². The molecule has 0 saturated carbocycles. The minimum absolute atomic E-state index is 0.0387. The quantitative estimate of drug-likeness (QED) is 0.519. The zero-order chi connectivity index (χ0) is 14.4. The van der Waals surface area contributed by atoms with Crippen molar-refractivity contribution in [3.63, 3.8) is 0 Å². The van der Waals surface area contributed by atoms with Gasteiger partial charge in [-0.15, -0.1) is 0 Å². The van der Waals surface area contributed by atoms with Gasteiger partial charge in [-0.1, -0.05) is 0 Å². The van der Waals surface area contributed by atoms with Crippen LogP contribution in [0.4, 0.5) is 0 Å². The van der Waals surface area contributed by atoms with Crippen molar-refractivity contribution in [2.75, 3.05) is 20.8 Å². The molecule has 0 spiro atoms. The fourth-order valence-electron chi connectivity index (χ4n) is 1.91. The molecule has 0 aliphatic carbocycles. The Bertz CT molecular complexity index is 317. The van der Waals surface area contributed by atoms with E-state index in [0.717, 1.165) is 0 Å². The second-order valence-electron chi connectivity index (χ2n) is 4.09. The average molecular weight is 275 g/mol. The molecule has 0 aromatic rings. The molecule has 0 aromatic carbocycles. The molecule has 7 heteroatoms. The van der Waals surface area contributed by atoms with E-state index in [4.69, 9.17) is 23.7 Å². The smallest absolute Gasteiger partial charge is 0.306 e. The van der Waals surface area contributed by atoms with Crippen LogP contribution in [0, 0.1) is 6.61 Å². The first-order valence-electron chi connectivity index (χ1n) is 5.84. The summed E-state index contributed by atoms with van der Waals surface area (Å²) in [6.07, 6.45) is -2.21. The molecule has 1 heterocycles. The Labute approximate surface area is 112 Å². The minimum atomic E-state index is -0.666. The van der Waals surface area contributed by atoms with Crippen LogP contribution < -0.4 is 0 Å². The van der Waals surface area contributed by atoms with Crippen molar-refractivity contribution >= 4 is 11.9 Å². The summed E-state index contributed by atoms with van der Waals surface area (Å²) < 4.78 is 25.9. The number of carbonyl (C=O) groups excluding carboxylic acids is 2. The summed E-state index contributed by atoms with van der Waals surface area (Å²) in [7, 11) is 2.96. The van der Waals surface area contributed by atoms with Gasteiger partial charge in [-0.2, -0.15) is 4.74 Å². The first-order valence-corrected chi connectivity index (χ1v) is 5.84. The molecule has 1 rings (SSSR count). The van der Waals surface area contributed by atoms with Crippen LogP contribution in [-0.4, -0.2) is 57.2 Å². The molecule has 7 nitrogen and oxygen atoms in total. The molecule has 0 amide bonds. The molecule has 1 aliphatic heterocycles. The number of esters is 2. The number of hydrogen-bond acceptors (Lipinski definition) is 7. The molecule has 1 saturated heterocycles. The van der Waals surface area contributed by atoms with E-state index in [9.17, 15) is 9.59 Å². The fourth-order valence-corrected chi connectivity index (χ4v) is 1.91. The third-order valence-electron chi connectivity index (χ3n) is 2.70. The Balaban J connectivity index is 2.69. The molecule has 1 fully saturated rings. The lowest BCUT2D eigenvalue weighted by atomic mass is 10.00. The van der Waals surface area contributed by atoms with Gasteiger partial charge in [0.2, 0.25) is 0 Å². The summed E-state index contributed by atoms with van der Waals surface area (Å²) >= 11 is 0. The van der Waals surface area contributed by atoms with E-state index in [1.54, 1.807) is 0 Å². The fraction of sp³-hybridized carbons (Fsp3) is 0.750. The Morgan fingerprint density at radius 1 is 1.11 bits per heavy atom. The number of carbonyl (C=O) groups is 2. The largest absolute Gasteiger partial charge is 0.463 e. The molecule has 0 N–H and O–H groups in total. The van der Waals surface area contributed by atoms with Crippen LogP contribution in [0.2, 0.25) is 0 Å². The standard InChI is InChI=1S/C12H19O7/c1-7(13)17-5-9-11(15-3)12(16-4)10(6-18-9)19-8(2)14/h6,9-12H,5H2,1-4H3/q+1/t9-,10+,11+,12-/m1/s1. The van der Waals surface area contributed by atoms with E-state index in [0.29, 0.717) is 0 Å². The van der Waals surface area contributed by atoms with Gasteiger partial charge in [0.25, 0.3) is 12.7 Å². The molecule has 19 heavy (non-hydrogen) atoms. The van der Waals surface area contributed by atoms with Crippen LogP contribution in [0.15, 0.2) is 0 Å². The normalized spacial score (nSPS) is 30.3. The molecule has 0 unspecified atom stereocenters. The van der Waals surface area contributed by atoms with Crippen LogP contribution in [0.25, 0.3) is 0 Å². The highest BCUT2D eigenvalue weighted by Crippen LogP contribution is 2.25. The number of ether oxygens (including phenoxy) is 5. The summed E-state index contributed by atoms with van der Waals surface area (Å²) in [4.78, 5) is 21.8. The van der Waals surface area contributed by atoms with Gasteiger partial charge in [0.15, 0.2) is 12.2 Å². The van der Waals surface area contributed by atoms with Crippen molar-refractivity contribution in [1.29, 1.82) is 0 Å². The Kier molecular flexibility index (Phi) is 6.07. The lowest BCUT2D eigenvalue weighted by Gasteiger charge is -2.34. The Morgan fingerprint density at radius 3 is 2.21 bits per heavy atom. The maximum Gasteiger partial charge on any atom is 0.306 e. The first kappa shape index (κ1) is 15.7. The predicted octanol–water partition coefficient (Wildman–Crippen LogP) is 0.0718. The highest BCUT2D eigenvalue weighted by molar-refractivity contribution is 5.66. The van der Waals surface area contributed by atoms with E-state index >= 15 is 0 Å². The van der Waals surface area contributed by atoms with Crippen LogP contribution in [0.3, 0.4) is 0 Å². The van der Waals surface area contributed by atoms with Gasteiger partial charge in [0.1, 0.15) is 12.7 Å². The van der Waals surface area contributed by atoms with Gasteiger partial charge in [-0.25, -0.2) is 0 Å². The van der Waals surface area contributed by atoms with Gasteiger partial charge in [-0.3, -0.25) is 9.59 Å². The van der Waals surface area contributed by atoms with E-state index < -0.39 is 36.4 Å². The molecule has 0 bridgehead atoms. The third kappa shape index (κ3) is 4.38. The van der Waals surface area contributed by atoms with Crippen molar-refractivity contribution in [3.05, 3.63) is 6.61 Å². The first-order chi connectivity index (χ1) is 8.99. The van der Waals surface area contributed by atoms with Gasteiger partial charge < -0.3 is 18.9 Å². The van der Waals surface area contributed by atoms with Crippen LogP contribution in [-0.2, 0) is 33.3 Å². The number of rotatable bonds is 5. The third-order valence-corrected chi connectivity index (χ3v) is 2.70. The molecule has 1 aliphatic rings. The monoisotopic (exact) mass is 275 g/mol. The zero-order valence-corrected chi connectivity index (χ0v) is 11.5. The van der Waals surface area contributed by atoms with Crippen molar-refractivity contribution in [2.45, 2.75) is 38.3 Å². The maximum absolute atomic E-state index is 11.0. The summed E-state index contributed by atoms with van der Waals surface area (Å²) in [5.74, 6) is -0.852. The summed E-state index contributed by atoms with van der Waals surface area (Å²) in [6, 6.07) is 0. The zero-order valence-electron chi connectivity index (χ0n) is 11.5. The van der Waals surface area contributed by atoms with Gasteiger partial charge >= 0.3 is 11.9 Å². The minimum Gasteiger partial charge on any atom is -0.463 e. The van der Waals surface area contributed by atoms with Crippen LogP contribution >= 0.6 is 0 Å². The van der Waals surface area contributed by atoms with Gasteiger partial charge in [-0.05, 0) is 0 Å². The maximum atomic E-state index is 11.0. The predicted molar refractivity (Wildman–Crippen MR) is 63.0 cm³/mol. The molecule has 108 valence electrons. The number of methoxy groups -OCH3 is 2. The Hall–Kier alpha value is -1.31. The van der Waals surface area contributed by atoms with E-state index in [1.807, 2.05) is 0 Å². The van der Waals surface area contributed by atoms with Crippen molar-refractivity contribution in [2.24, 2.45) is 0 Å². The molecule has 0 radical (unpaired) electrons. The lowest BCUT2D eigenvalue weighted by Crippen LogP contribution is -2.55. The highest BCUT2D eigenvalue weighted by atomic mass is 16.6. The topological polar surface area (TPSA) is 80.3 Å². The van der Waals surface area contributed by atoms with E-state index in [2.05, 4.69) is 0 Å². The van der Waals surface area contributed by atoms with Crippen LogP contribution in [0.1, 0.15) is 13.8 Å². The van der Waals surface area contributed by atoms with Gasteiger partial charge in [0.05, 0.1) is 0 Å². The molecular weight excluding hydrogens is 256 g/mol. The van der Waals surface area contributed by atoms with Crippen molar-refractivity contribution in [1.82, 2.24) is 0 Å². The second-order valence-corrected chi connectivity index (χ2v) is 4.09. The molecule has 4 atom stereocenters. The summed E-state index contributed by atoms with van der Waals surface area (Å²) in [5.41, 5.74) is 0. The van der Waals surface area contributed by atoms with E-state index in [1.165, 1.54) is 34.7 Å². The molecule has 0 aromatic heterocycles. The summed E-state index contributed by atoms with van der Waals surface area (Å²) in [5, 5.41) is 0. The lowest BCUT2D eigenvalue weighted by molar-refractivity contribution is -0.206. The molecular formula is C12H19O7+. The van der Waals surface area contributed by atoms with Crippen molar-refractivity contribution in [3.8, 4) is 0 Å². The Morgan fingerprint density at radius 2 is 1.74 bits per heavy atom. The van der Waals surface area contributed by atoms with Crippen LogP contribution in [0.5, 0.6) is 0 Å². The average Bonchev–Trinajstić information content (AvgIpc) is 2.35.